The van der Waals surface area contributed by atoms with Crippen molar-refractivity contribution in [3.63, 3.8) is 0 Å². The predicted molar refractivity (Wildman–Crippen MR) is 56.6 cm³/mol. The number of halogens is 4. The number of ether oxygens (including phenoxy) is 1. The van der Waals surface area contributed by atoms with Crippen molar-refractivity contribution in [1.29, 1.82) is 0 Å². The van der Waals surface area contributed by atoms with Crippen LogP contribution in [0.15, 0.2) is 35.9 Å². The fraction of sp³-hybridized carbons (Fsp3) is 0.200. The molecular weight excluding hydrogens is 243 g/mol. The summed E-state index contributed by atoms with van der Waals surface area (Å²) in [7, 11) is 0. The summed E-state index contributed by atoms with van der Waals surface area (Å²) >= 11 is 5.51. The van der Waals surface area contributed by atoms with Crippen LogP contribution in [-0.2, 0) is 0 Å². The van der Waals surface area contributed by atoms with Crippen molar-refractivity contribution in [2.45, 2.75) is 6.36 Å². The summed E-state index contributed by atoms with van der Waals surface area (Å²) in [5.74, 6) is -0.280. The minimum atomic E-state index is -4.69. The third-order valence-corrected chi connectivity index (χ3v) is 1.69. The summed E-state index contributed by atoms with van der Waals surface area (Å²) in [4.78, 5) is 0. The normalized spacial score (nSPS) is 11.0. The lowest BCUT2D eigenvalue weighted by Gasteiger charge is -2.10. The van der Waals surface area contributed by atoms with E-state index in [4.69, 9.17) is 11.6 Å². The first-order valence-electron chi connectivity index (χ1n) is 4.30. The molecule has 1 aromatic carbocycles. The van der Waals surface area contributed by atoms with E-state index < -0.39 is 6.36 Å². The number of hydrogen-bond donors (Lipinski definition) is 1. The Labute approximate surface area is 95.7 Å². The van der Waals surface area contributed by atoms with Crippen molar-refractivity contribution in [2.24, 2.45) is 0 Å². The Morgan fingerprint density at radius 3 is 2.69 bits per heavy atom. The largest absolute Gasteiger partial charge is 0.573 e. The highest BCUT2D eigenvalue weighted by atomic mass is 35.5. The van der Waals surface area contributed by atoms with Gasteiger partial charge in [-0.1, -0.05) is 24.2 Å². The second-order valence-corrected chi connectivity index (χ2v) is 3.48. The minimum absolute atomic E-state index is 0.275. The molecule has 0 radical (unpaired) electrons. The van der Waals surface area contributed by atoms with E-state index in [1.807, 2.05) is 0 Å². The lowest BCUT2D eigenvalue weighted by atomic mass is 10.3. The topological polar surface area (TPSA) is 21.3 Å². The van der Waals surface area contributed by atoms with Gasteiger partial charge in [0.2, 0.25) is 0 Å². The number of nitrogens with one attached hydrogen (secondary N) is 1. The summed E-state index contributed by atoms with van der Waals surface area (Å²) in [5.41, 5.74) is 0.476. The lowest BCUT2D eigenvalue weighted by Crippen LogP contribution is -2.17. The van der Waals surface area contributed by atoms with Crippen molar-refractivity contribution >= 4 is 17.3 Å². The molecule has 0 amide bonds. The van der Waals surface area contributed by atoms with Crippen LogP contribution < -0.4 is 10.1 Å². The van der Waals surface area contributed by atoms with Gasteiger partial charge in [-0.3, -0.25) is 0 Å². The second kappa shape index (κ2) is 5.12. The van der Waals surface area contributed by atoms with Crippen LogP contribution in [0.3, 0.4) is 0 Å². The van der Waals surface area contributed by atoms with Gasteiger partial charge in [0, 0.05) is 16.8 Å². The maximum atomic E-state index is 11.9. The fourth-order valence-corrected chi connectivity index (χ4v) is 1.07. The highest BCUT2D eigenvalue weighted by Gasteiger charge is 2.31. The Hall–Kier alpha value is -1.36. The quantitative estimate of drug-likeness (QED) is 0.880. The van der Waals surface area contributed by atoms with E-state index in [0.29, 0.717) is 10.7 Å². The van der Waals surface area contributed by atoms with Crippen LogP contribution in [-0.4, -0.2) is 12.9 Å². The summed E-state index contributed by atoms with van der Waals surface area (Å²) in [5, 5.41) is 3.15. The molecule has 0 aromatic heterocycles. The van der Waals surface area contributed by atoms with E-state index >= 15 is 0 Å². The van der Waals surface area contributed by atoms with E-state index in [2.05, 4.69) is 16.6 Å². The molecule has 88 valence electrons. The van der Waals surface area contributed by atoms with Crippen LogP contribution in [0.2, 0.25) is 0 Å². The molecule has 0 heterocycles. The summed E-state index contributed by atoms with van der Waals surface area (Å²) in [6, 6.07) is 5.49. The molecule has 0 unspecified atom stereocenters. The third kappa shape index (κ3) is 4.93. The molecule has 0 saturated carbocycles. The van der Waals surface area contributed by atoms with Gasteiger partial charge in [-0.25, -0.2) is 0 Å². The standard InChI is InChI=1S/C10H9ClF3NO/c1-7(11)6-15-8-3-2-4-9(5-8)16-10(12,13)14/h2-5,15H,1,6H2. The van der Waals surface area contributed by atoms with E-state index in [-0.39, 0.29) is 12.3 Å². The maximum Gasteiger partial charge on any atom is 0.573 e. The molecule has 0 bridgehead atoms. The van der Waals surface area contributed by atoms with Crippen LogP contribution in [0, 0.1) is 0 Å². The zero-order chi connectivity index (χ0) is 12.2. The van der Waals surface area contributed by atoms with Crippen LogP contribution >= 0.6 is 11.6 Å². The smallest absolute Gasteiger partial charge is 0.406 e. The molecule has 0 spiro atoms. The van der Waals surface area contributed by atoms with Gasteiger partial charge in [-0.2, -0.15) is 0 Å². The molecule has 0 aliphatic rings. The minimum Gasteiger partial charge on any atom is -0.406 e. The van der Waals surface area contributed by atoms with E-state index in [1.54, 1.807) is 6.07 Å². The highest BCUT2D eigenvalue weighted by Crippen LogP contribution is 2.25. The molecule has 0 saturated heterocycles. The van der Waals surface area contributed by atoms with Crippen LogP contribution in [0.1, 0.15) is 0 Å². The van der Waals surface area contributed by atoms with E-state index in [1.165, 1.54) is 18.2 Å². The van der Waals surface area contributed by atoms with Gasteiger partial charge in [0.15, 0.2) is 0 Å². The molecule has 1 rings (SSSR count). The summed E-state index contributed by atoms with van der Waals surface area (Å²) < 4.78 is 39.5. The van der Waals surface area contributed by atoms with Crippen molar-refractivity contribution in [2.75, 3.05) is 11.9 Å². The number of alkyl halides is 3. The van der Waals surface area contributed by atoms with Gasteiger partial charge in [0.05, 0.1) is 6.54 Å². The predicted octanol–water partition coefficient (Wildman–Crippen LogP) is 3.75. The first-order valence-corrected chi connectivity index (χ1v) is 4.67. The SMILES string of the molecule is C=C(Cl)CNc1cccc(OC(F)(F)F)c1. The zero-order valence-corrected chi connectivity index (χ0v) is 8.90. The Morgan fingerprint density at radius 2 is 2.12 bits per heavy atom. The van der Waals surface area contributed by atoms with Gasteiger partial charge in [0.1, 0.15) is 5.75 Å². The Balaban J connectivity index is 2.67. The Bertz CT molecular complexity index is 379. The average molecular weight is 252 g/mol. The van der Waals surface area contributed by atoms with Gasteiger partial charge < -0.3 is 10.1 Å². The molecule has 6 heteroatoms. The third-order valence-electron chi connectivity index (χ3n) is 1.55. The number of benzene rings is 1. The average Bonchev–Trinajstić information content (AvgIpc) is 2.12. The molecular formula is C10H9ClF3NO. The van der Waals surface area contributed by atoms with Gasteiger partial charge in [-0.15, -0.1) is 13.2 Å². The van der Waals surface area contributed by atoms with Crippen molar-refractivity contribution in [3.8, 4) is 5.75 Å². The van der Waals surface area contributed by atoms with E-state index in [9.17, 15) is 13.2 Å². The van der Waals surface area contributed by atoms with E-state index in [0.717, 1.165) is 0 Å². The molecule has 0 fully saturated rings. The van der Waals surface area contributed by atoms with Gasteiger partial charge in [0.25, 0.3) is 0 Å². The van der Waals surface area contributed by atoms with Crippen molar-refractivity contribution < 1.29 is 17.9 Å². The molecule has 0 aliphatic heterocycles. The molecule has 1 aromatic rings. The lowest BCUT2D eigenvalue weighted by molar-refractivity contribution is -0.274. The van der Waals surface area contributed by atoms with Crippen molar-refractivity contribution in [3.05, 3.63) is 35.9 Å². The number of rotatable bonds is 4. The van der Waals surface area contributed by atoms with Crippen LogP contribution in [0.5, 0.6) is 5.75 Å². The fourth-order valence-electron chi connectivity index (χ4n) is 1.00. The Morgan fingerprint density at radius 1 is 1.44 bits per heavy atom. The molecule has 0 aliphatic carbocycles. The second-order valence-electron chi connectivity index (χ2n) is 2.95. The molecule has 16 heavy (non-hydrogen) atoms. The Kier molecular flexibility index (Phi) is 4.06. The monoisotopic (exact) mass is 251 g/mol. The first-order chi connectivity index (χ1) is 7.37. The van der Waals surface area contributed by atoms with Crippen LogP contribution in [0.4, 0.5) is 18.9 Å². The molecule has 0 atom stereocenters. The first kappa shape index (κ1) is 12.7. The summed E-state index contributed by atoms with van der Waals surface area (Å²) in [6.45, 7) is 3.72. The zero-order valence-electron chi connectivity index (χ0n) is 8.14. The number of hydrogen-bond acceptors (Lipinski definition) is 2. The van der Waals surface area contributed by atoms with Crippen molar-refractivity contribution in [1.82, 2.24) is 0 Å². The van der Waals surface area contributed by atoms with Gasteiger partial charge in [-0.05, 0) is 12.1 Å². The molecule has 1 N–H and O–H groups in total. The molecule has 2 nitrogen and oxygen atoms in total. The highest BCUT2D eigenvalue weighted by molar-refractivity contribution is 6.29. The maximum absolute atomic E-state index is 11.9. The van der Waals surface area contributed by atoms with Gasteiger partial charge >= 0.3 is 6.36 Å². The summed E-state index contributed by atoms with van der Waals surface area (Å²) in [6.07, 6.45) is -4.69. The van der Waals surface area contributed by atoms with Crippen LogP contribution in [0.25, 0.3) is 0 Å². The number of anilines is 1.